The fourth-order valence-electron chi connectivity index (χ4n) is 1.78. The highest BCUT2D eigenvalue weighted by Crippen LogP contribution is 2.22. The summed E-state index contributed by atoms with van der Waals surface area (Å²) in [7, 11) is 1.60. The van der Waals surface area contributed by atoms with Crippen LogP contribution in [0.15, 0.2) is 0 Å². The monoisotopic (exact) mass is 274 g/mol. The molecule has 0 bridgehead atoms. The topological polar surface area (TPSA) is 87.7 Å². The number of methoxy groups -OCH3 is 1. The number of ether oxygens (including phenoxy) is 1. The third-order valence-electron chi connectivity index (χ3n) is 2.43. The van der Waals surface area contributed by atoms with Gasteiger partial charge in [-0.05, 0) is 18.3 Å². The van der Waals surface area contributed by atoms with E-state index in [1.54, 1.807) is 7.11 Å². The van der Waals surface area contributed by atoms with E-state index in [1.165, 1.54) is 0 Å². The molecule has 0 heterocycles. The van der Waals surface area contributed by atoms with E-state index in [0.29, 0.717) is 19.6 Å². The van der Waals surface area contributed by atoms with Crippen LogP contribution in [-0.2, 0) is 9.53 Å². The number of hydrogen-bond acceptors (Lipinski definition) is 3. The fraction of sp³-hybridized carbons (Fsp3) is 0.846. The lowest BCUT2D eigenvalue weighted by atomic mass is 9.87. The van der Waals surface area contributed by atoms with Gasteiger partial charge in [-0.2, -0.15) is 0 Å². The third kappa shape index (κ3) is 11.5. The van der Waals surface area contributed by atoms with Crippen LogP contribution in [0.5, 0.6) is 0 Å². The molecule has 6 nitrogen and oxygen atoms in total. The predicted molar refractivity (Wildman–Crippen MR) is 73.1 cm³/mol. The van der Waals surface area contributed by atoms with Crippen molar-refractivity contribution in [2.75, 3.05) is 20.3 Å². The van der Waals surface area contributed by atoms with Crippen LogP contribution >= 0.6 is 0 Å². The standard InChI is InChI=1S/C13H26N2O4/c1-13(2,3)9-10(8-11(16)17)15-12(18)14-6-5-7-19-4/h10H,5-9H2,1-4H3,(H,16,17)(H2,14,15,18). The summed E-state index contributed by atoms with van der Waals surface area (Å²) in [6.45, 7) is 7.13. The molecular formula is C13H26N2O4. The van der Waals surface area contributed by atoms with Gasteiger partial charge in [-0.25, -0.2) is 4.79 Å². The number of carbonyl (C=O) groups excluding carboxylic acids is 1. The molecule has 0 aromatic carbocycles. The Bertz CT molecular complexity index is 287. The lowest BCUT2D eigenvalue weighted by Crippen LogP contribution is -2.44. The molecule has 0 spiro atoms. The summed E-state index contributed by atoms with van der Waals surface area (Å²) >= 11 is 0. The summed E-state index contributed by atoms with van der Waals surface area (Å²) in [6, 6.07) is -0.688. The van der Waals surface area contributed by atoms with Crippen LogP contribution < -0.4 is 10.6 Å². The first-order valence-corrected chi connectivity index (χ1v) is 6.49. The van der Waals surface area contributed by atoms with Crippen molar-refractivity contribution < 1.29 is 19.4 Å². The van der Waals surface area contributed by atoms with E-state index >= 15 is 0 Å². The fourth-order valence-corrected chi connectivity index (χ4v) is 1.78. The summed E-state index contributed by atoms with van der Waals surface area (Å²) in [5.74, 6) is -0.908. The van der Waals surface area contributed by atoms with Gasteiger partial charge in [0.15, 0.2) is 0 Å². The molecule has 0 rings (SSSR count). The molecule has 0 aliphatic heterocycles. The molecule has 1 unspecified atom stereocenters. The number of carboxylic acids is 1. The molecule has 3 N–H and O–H groups in total. The van der Waals surface area contributed by atoms with Crippen LogP contribution in [0.1, 0.15) is 40.0 Å². The van der Waals surface area contributed by atoms with Gasteiger partial charge >= 0.3 is 12.0 Å². The zero-order valence-electron chi connectivity index (χ0n) is 12.3. The molecule has 1 atom stereocenters. The minimum Gasteiger partial charge on any atom is -0.481 e. The van der Waals surface area contributed by atoms with Crippen molar-refractivity contribution in [2.24, 2.45) is 5.41 Å². The van der Waals surface area contributed by atoms with E-state index in [9.17, 15) is 9.59 Å². The Balaban J connectivity index is 4.15. The molecule has 0 aromatic rings. The number of carboxylic acid groups (broad SMARTS) is 1. The van der Waals surface area contributed by atoms with Gasteiger partial charge in [0.05, 0.1) is 6.42 Å². The lowest BCUT2D eigenvalue weighted by Gasteiger charge is -2.25. The average Bonchev–Trinajstić information content (AvgIpc) is 2.20. The van der Waals surface area contributed by atoms with Gasteiger partial charge in [-0.15, -0.1) is 0 Å². The molecule has 112 valence electrons. The molecule has 0 aliphatic carbocycles. The van der Waals surface area contributed by atoms with Crippen molar-refractivity contribution in [3.63, 3.8) is 0 Å². The van der Waals surface area contributed by atoms with Gasteiger partial charge in [-0.3, -0.25) is 4.79 Å². The third-order valence-corrected chi connectivity index (χ3v) is 2.43. The second-order valence-corrected chi connectivity index (χ2v) is 5.81. The molecule has 19 heavy (non-hydrogen) atoms. The number of rotatable bonds is 8. The van der Waals surface area contributed by atoms with E-state index in [4.69, 9.17) is 9.84 Å². The van der Waals surface area contributed by atoms with E-state index in [0.717, 1.165) is 6.42 Å². The van der Waals surface area contributed by atoms with Gasteiger partial charge in [0, 0.05) is 26.3 Å². The van der Waals surface area contributed by atoms with Crippen molar-refractivity contribution in [1.82, 2.24) is 10.6 Å². The molecule has 0 saturated carbocycles. The Hall–Kier alpha value is -1.30. The molecule has 0 aromatic heterocycles. The Morgan fingerprint density at radius 2 is 1.95 bits per heavy atom. The summed E-state index contributed by atoms with van der Waals surface area (Å²) in [5.41, 5.74) is -0.0382. The molecule has 0 saturated heterocycles. The first-order valence-electron chi connectivity index (χ1n) is 6.49. The first kappa shape index (κ1) is 17.7. The van der Waals surface area contributed by atoms with Crippen LogP contribution in [0, 0.1) is 5.41 Å². The molecule has 0 fully saturated rings. The quantitative estimate of drug-likeness (QED) is 0.587. The van der Waals surface area contributed by atoms with Crippen molar-refractivity contribution >= 4 is 12.0 Å². The van der Waals surface area contributed by atoms with Crippen LogP contribution in [0.4, 0.5) is 4.79 Å². The number of carbonyl (C=O) groups is 2. The van der Waals surface area contributed by atoms with Crippen LogP contribution in [0.25, 0.3) is 0 Å². The van der Waals surface area contributed by atoms with E-state index in [2.05, 4.69) is 10.6 Å². The number of amides is 2. The summed E-state index contributed by atoms with van der Waals surface area (Å²) in [4.78, 5) is 22.4. The molecular weight excluding hydrogens is 248 g/mol. The van der Waals surface area contributed by atoms with Crippen LogP contribution in [-0.4, -0.2) is 43.4 Å². The van der Waals surface area contributed by atoms with Crippen molar-refractivity contribution in [3.8, 4) is 0 Å². The minimum absolute atomic E-state index is 0.0382. The zero-order chi connectivity index (χ0) is 14.9. The average molecular weight is 274 g/mol. The van der Waals surface area contributed by atoms with Gasteiger partial charge in [0.2, 0.25) is 0 Å². The highest BCUT2D eigenvalue weighted by molar-refractivity contribution is 5.75. The van der Waals surface area contributed by atoms with Crippen molar-refractivity contribution in [2.45, 2.75) is 46.1 Å². The maximum atomic E-state index is 11.6. The maximum Gasteiger partial charge on any atom is 0.315 e. The normalized spacial score (nSPS) is 12.8. The smallest absolute Gasteiger partial charge is 0.315 e. The highest BCUT2D eigenvalue weighted by Gasteiger charge is 2.22. The minimum atomic E-state index is -0.908. The van der Waals surface area contributed by atoms with Gasteiger partial charge in [0.1, 0.15) is 0 Å². The largest absolute Gasteiger partial charge is 0.481 e. The number of urea groups is 1. The van der Waals surface area contributed by atoms with E-state index < -0.39 is 5.97 Å². The Kier molecular flexibility index (Phi) is 8.14. The summed E-state index contributed by atoms with van der Waals surface area (Å²) < 4.78 is 4.87. The van der Waals surface area contributed by atoms with E-state index in [1.807, 2.05) is 20.8 Å². The van der Waals surface area contributed by atoms with E-state index in [-0.39, 0.29) is 23.9 Å². The predicted octanol–water partition coefficient (Wildman–Crippen LogP) is 1.60. The Morgan fingerprint density at radius 1 is 1.32 bits per heavy atom. The zero-order valence-corrected chi connectivity index (χ0v) is 12.3. The van der Waals surface area contributed by atoms with Gasteiger partial charge < -0.3 is 20.5 Å². The second-order valence-electron chi connectivity index (χ2n) is 5.81. The second kappa shape index (κ2) is 8.74. The lowest BCUT2D eigenvalue weighted by molar-refractivity contribution is -0.137. The SMILES string of the molecule is COCCCNC(=O)NC(CC(=O)O)CC(C)(C)C. The number of aliphatic carboxylic acids is 1. The van der Waals surface area contributed by atoms with Gasteiger partial charge in [-0.1, -0.05) is 20.8 Å². The molecule has 2 amide bonds. The van der Waals surface area contributed by atoms with Crippen LogP contribution in [0.3, 0.4) is 0 Å². The number of hydrogen-bond donors (Lipinski definition) is 3. The van der Waals surface area contributed by atoms with Crippen molar-refractivity contribution in [1.29, 1.82) is 0 Å². The van der Waals surface area contributed by atoms with Gasteiger partial charge in [0.25, 0.3) is 0 Å². The van der Waals surface area contributed by atoms with Crippen LogP contribution in [0.2, 0.25) is 0 Å². The summed E-state index contributed by atoms with van der Waals surface area (Å²) in [5, 5.41) is 14.2. The maximum absolute atomic E-state index is 11.6. The molecule has 0 aliphatic rings. The number of nitrogens with one attached hydrogen (secondary N) is 2. The molecule has 0 radical (unpaired) electrons. The Morgan fingerprint density at radius 3 is 2.42 bits per heavy atom. The first-order chi connectivity index (χ1) is 8.74. The van der Waals surface area contributed by atoms with Crippen molar-refractivity contribution in [3.05, 3.63) is 0 Å². The Labute approximate surface area is 114 Å². The molecule has 6 heteroatoms. The summed E-state index contributed by atoms with van der Waals surface area (Å²) in [6.07, 6.45) is 1.28. The highest BCUT2D eigenvalue weighted by atomic mass is 16.5.